The molecule has 3 aromatic heterocycles. The molecular weight excluding hydrogens is 304 g/mol. The number of imidazole rings is 1. The molecule has 0 fully saturated rings. The van der Waals surface area contributed by atoms with Crippen LogP contribution >= 0.6 is 0 Å². The van der Waals surface area contributed by atoms with Gasteiger partial charge in [-0.05, 0) is 24.3 Å². The topological polar surface area (TPSA) is 85.6 Å². The molecule has 0 saturated heterocycles. The molecule has 1 amide bonds. The number of aromatic nitrogens is 3. The number of anilines is 1. The number of nitrogens with one attached hydrogen (secondary N) is 1. The maximum atomic E-state index is 12.4. The SMILES string of the molecule is COC(=O)Nc1cn2cc(S(=O)c3ccccn3)ccc2n1. The smallest absolute Gasteiger partial charge is 0.412 e. The zero-order chi connectivity index (χ0) is 15.5. The van der Waals surface area contributed by atoms with E-state index in [9.17, 15) is 9.00 Å². The van der Waals surface area contributed by atoms with E-state index in [0.717, 1.165) is 0 Å². The first-order valence-electron chi connectivity index (χ1n) is 6.34. The lowest BCUT2D eigenvalue weighted by Crippen LogP contribution is -2.10. The standard InChI is InChI=1S/C14H12N4O3S/c1-21-14(19)17-11-9-18-8-10(5-6-12(18)16-11)22(20)13-4-2-3-7-15-13/h2-9H,1H3,(H,17,19). The first-order valence-corrected chi connectivity index (χ1v) is 7.49. The quantitative estimate of drug-likeness (QED) is 0.799. The van der Waals surface area contributed by atoms with E-state index in [-0.39, 0.29) is 0 Å². The van der Waals surface area contributed by atoms with Crippen molar-refractivity contribution in [2.45, 2.75) is 9.92 Å². The van der Waals surface area contributed by atoms with Crippen molar-refractivity contribution in [2.75, 3.05) is 12.4 Å². The van der Waals surface area contributed by atoms with Gasteiger partial charge in [-0.1, -0.05) is 6.07 Å². The molecule has 0 aliphatic carbocycles. The van der Waals surface area contributed by atoms with Gasteiger partial charge in [0.15, 0.2) is 5.82 Å². The fourth-order valence-electron chi connectivity index (χ4n) is 1.87. The number of ether oxygens (including phenoxy) is 1. The summed E-state index contributed by atoms with van der Waals surface area (Å²) in [7, 11) is -0.101. The summed E-state index contributed by atoms with van der Waals surface area (Å²) in [6.45, 7) is 0. The van der Waals surface area contributed by atoms with E-state index in [0.29, 0.717) is 21.4 Å². The molecule has 7 nitrogen and oxygen atoms in total. The minimum absolute atomic E-state index is 0.354. The Balaban J connectivity index is 1.93. The number of carbonyl (C=O) groups excluding carboxylic acids is 1. The van der Waals surface area contributed by atoms with Gasteiger partial charge in [-0.25, -0.2) is 19.0 Å². The lowest BCUT2D eigenvalue weighted by Gasteiger charge is -2.01. The largest absolute Gasteiger partial charge is 0.453 e. The van der Waals surface area contributed by atoms with Crippen molar-refractivity contribution < 1.29 is 13.7 Å². The van der Waals surface area contributed by atoms with Crippen LogP contribution in [0.15, 0.2) is 58.8 Å². The van der Waals surface area contributed by atoms with Gasteiger partial charge in [0.2, 0.25) is 0 Å². The van der Waals surface area contributed by atoms with Crippen LogP contribution < -0.4 is 5.32 Å². The zero-order valence-corrected chi connectivity index (χ0v) is 12.4. The van der Waals surface area contributed by atoms with E-state index in [4.69, 9.17) is 0 Å². The minimum Gasteiger partial charge on any atom is -0.453 e. The summed E-state index contributed by atoms with van der Waals surface area (Å²) < 4.78 is 18.6. The third kappa shape index (κ3) is 2.82. The second kappa shape index (κ2) is 5.94. The monoisotopic (exact) mass is 316 g/mol. The fraction of sp³-hybridized carbons (Fsp3) is 0.0714. The number of rotatable bonds is 3. The van der Waals surface area contributed by atoms with Gasteiger partial charge in [0, 0.05) is 12.4 Å². The molecule has 0 saturated carbocycles. The predicted octanol–water partition coefficient (Wildman–Crippen LogP) is 2.07. The average molecular weight is 316 g/mol. The summed E-state index contributed by atoms with van der Waals surface area (Å²) in [5, 5.41) is 2.96. The van der Waals surface area contributed by atoms with Crippen molar-refractivity contribution in [3.8, 4) is 0 Å². The van der Waals surface area contributed by atoms with E-state index in [2.05, 4.69) is 20.0 Å². The van der Waals surface area contributed by atoms with E-state index in [1.807, 2.05) is 0 Å². The van der Waals surface area contributed by atoms with Crippen molar-refractivity contribution in [1.82, 2.24) is 14.4 Å². The van der Waals surface area contributed by atoms with E-state index in [1.165, 1.54) is 7.11 Å². The summed E-state index contributed by atoms with van der Waals surface area (Å²) in [4.78, 5) is 20.1. The number of hydrogen-bond acceptors (Lipinski definition) is 5. The molecule has 0 aliphatic rings. The number of fused-ring (bicyclic) bond motifs is 1. The summed E-state index contributed by atoms with van der Waals surface area (Å²) in [5.74, 6) is 0.354. The van der Waals surface area contributed by atoms with Crippen molar-refractivity contribution >= 4 is 28.4 Å². The molecule has 0 aliphatic heterocycles. The van der Waals surface area contributed by atoms with Gasteiger partial charge in [0.1, 0.15) is 21.5 Å². The van der Waals surface area contributed by atoms with Crippen LogP contribution in [-0.2, 0) is 15.5 Å². The Morgan fingerprint density at radius 2 is 2.14 bits per heavy atom. The van der Waals surface area contributed by atoms with E-state index < -0.39 is 16.9 Å². The molecule has 112 valence electrons. The number of carbonyl (C=O) groups is 1. The number of amides is 1. The number of nitrogens with zero attached hydrogens (tertiary/aromatic N) is 3. The van der Waals surface area contributed by atoms with Crippen LogP contribution in [0.1, 0.15) is 0 Å². The van der Waals surface area contributed by atoms with Crippen molar-refractivity contribution in [2.24, 2.45) is 0 Å². The second-order valence-electron chi connectivity index (χ2n) is 4.31. The van der Waals surface area contributed by atoms with Crippen molar-refractivity contribution in [1.29, 1.82) is 0 Å². The first kappa shape index (κ1) is 14.2. The molecule has 3 aromatic rings. The second-order valence-corrected chi connectivity index (χ2v) is 5.74. The molecule has 1 atom stereocenters. The van der Waals surface area contributed by atoms with Gasteiger partial charge in [-0.3, -0.25) is 5.32 Å². The summed E-state index contributed by atoms with van der Waals surface area (Å²) in [6.07, 6.45) is 4.31. The van der Waals surface area contributed by atoms with Crippen LogP contribution in [0.5, 0.6) is 0 Å². The Morgan fingerprint density at radius 3 is 2.86 bits per heavy atom. The Bertz CT molecular complexity index is 848. The number of methoxy groups -OCH3 is 1. The Kier molecular flexibility index (Phi) is 3.84. The molecule has 1 unspecified atom stereocenters. The molecule has 1 N–H and O–H groups in total. The molecule has 3 rings (SSSR count). The maximum absolute atomic E-state index is 12.4. The molecular formula is C14H12N4O3S. The van der Waals surface area contributed by atoms with Crippen LogP contribution in [-0.4, -0.2) is 31.8 Å². The van der Waals surface area contributed by atoms with Gasteiger partial charge < -0.3 is 9.14 Å². The molecule has 22 heavy (non-hydrogen) atoms. The van der Waals surface area contributed by atoms with Gasteiger partial charge in [-0.15, -0.1) is 0 Å². The molecule has 3 heterocycles. The number of hydrogen-bond donors (Lipinski definition) is 1. The van der Waals surface area contributed by atoms with Crippen LogP contribution in [0.3, 0.4) is 0 Å². The van der Waals surface area contributed by atoms with E-state index >= 15 is 0 Å². The Morgan fingerprint density at radius 1 is 1.27 bits per heavy atom. The fourth-order valence-corrected chi connectivity index (χ4v) is 2.88. The third-order valence-corrected chi connectivity index (χ3v) is 4.17. The summed E-state index contributed by atoms with van der Waals surface area (Å²) in [6, 6.07) is 8.70. The van der Waals surface area contributed by atoms with Crippen LogP contribution in [0.2, 0.25) is 0 Å². The van der Waals surface area contributed by atoms with Crippen LogP contribution in [0, 0.1) is 0 Å². The summed E-state index contributed by atoms with van der Waals surface area (Å²) >= 11 is 0. The molecule has 8 heteroatoms. The molecule has 0 bridgehead atoms. The van der Waals surface area contributed by atoms with Crippen LogP contribution in [0.4, 0.5) is 10.6 Å². The number of pyridine rings is 2. The van der Waals surface area contributed by atoms with Gasteiger partial charge >= 0.3 is 6.09 Å². The molecule has 0 spiro atoms. The van der Waals surface area contributed by atoms with Gasteiger partial charge in [0.05, 0.1) is 18.2 Å². The highest BCUT2D eigenvalue weighted by atomic mass is 32.2. The van der Waals surface area contributed by atoms with Gasteiger partial charge in [-0.2, -0.15) is 0 Å². The van der Waals surface area contributed by atoms with Crippen molar-refractivity contribution in [3.05, 3.63) is 48.9 Å². The van der Waals surface area contributed by atoms with Crippen LogP contribution in [0.25, 0.3) is 5.65 Å². The molecule has 0 aromatic carbocycles. The predicted molar refractivity (Wildman–Crippen MR) is 80.1 cm³/mol. The molecule has 0 radical (unpaired) electrons. The Hall–Kier alpha value is -2.74. The average Bonchev–Trinajstić information content (AvgIpc) is 2.96. The Labute approximate surface area is 128 Å². The van der Waals surface area contributed by atoms with Crippen molar-refractivity contribution in [3.63, 3.8) is 0 Å². The summed E-state index contributed by atoms with van der Waals surface area (Å²) in [5.41, 5.74) is 0.619. The normalized spacial score (nSPS) is 12.0. The van der Waals surface area contributed by atoms with E-state index in [1.54, 1.807) is 53.3 Å². The third-order valence-electron chi connectivity index (χ3n) is 2.88. The maximum Gasteiger partial charge on any atom is 0.412 e. The minimum atomic E-state index is -1.38. The highest BCUT2D eigenvalue weighted by molar-refractivity contribution is 7.85. The highest BCUT2D eigenvalue weighted by Crippen LogP contribution is 2.17. The highest BCUT2D eigenvalue weighted by Gasteiger charge is 2.11. The lowest BCUT2D eigenvalue weighted by atomic mass is 10.5. The zero-order valence-electron chi connectivity index (χ0n) is 11.6. The first-order chi connectivity index (χ1) is 10.7. The lowest BCUT2D eigenvalue weighted by molar-refractivity contribution is 0.187. The van der Waals surface area contributed by atoms with Gasteiger partial charge in [0.25, 0.3) is 0 Å².